The predicted octanol–water partition coefficient (Wildman–Crippen LogP) is 3.29. The third-order valence-corrected chi connectivity index (χ3v) is 5.54. The van der Waals surface area contributed by atoms with Crippen LogP contribution in [0, 0.1) is 5.92 Å². The molecule has 0 N–H and O–H groups in total. The molecule has 2 atom stereocenters. The van der Waals surface area contributed by atoms with Crippen LogP contribution in [0.1, 0.15) is 23.4 Å². The van der Waals surface area contributed by atoms with Gasteiger partial charge in [-0.3, -0.25) is 9.59 Å². The SMILES string of the molecule is CN1C(=O)[C@@H]2CC[C@H]1CN(C(=O)c1ccc(-c3ccccc3Cl)o1)C2. The van der Waals surface area contributed by atoms with Crippen molar-refractivity contribution in [3.05, 3.63) is 47.2 Å². The Bertz CT molecular complexity index is 832. The maximum Gasteiger partial charge on any atom is 0.289 e. The average Bonchev–Trinajstić information content (AvgIpc) is 2.94. The molecule has 0 radical (unpaired) electrons. The van der Waals surface area contributed by atoms with Crippen LogP contribution in [0.4, 0.5) is 0 Å². The number of halogens is 1. The van der Waals surface area contributed by atoms with Crippen molar-refractivity contribution < 1.29 is 14.0 Å². The molecular weight excluding hydrogens is 340 g/mol. The lowest BCUT2D eigenvalue weighted by Gasteiger charge is -2.32. The standard InChI is InChI=1S/C19H19ClN2O3/c1-21-13-7-6-12(18(21)23)10-22(11-13)19(24)17-9-8-16(25-17)14-4-2-3-5-15(14)20/h2-5,8-9,12-13H,6-7,10-11H2,1H3/t12-,13+/m1/s1. The highest BCUT2D eigenvalue weighted by molar-refractivity contribution is 6.33. The fourth-order valence-corrected chi connectivity index (χ4v) is 3.97. The summed E-state index contributed by atoms with van der Waals surface area (Å²) in [5.41, 5.74) is 0.758. The zero-order chi connectivity index (χ0) is 17.6. The highest BCUT2D eigenvalue weighted by Crippen LogP contribution is 2.31. The third-order valence-electron chi connectivity index (χ3n) is 5.21. The molecular formula is C19H19ClN2O3. The van der Waals surface area contributed by atoms with Gasteiger partial charge in [0.15, 0.2) is 5.76 Å². The first kappa shape index (κ1) is 16.2. The third kappa shape index (κ3) is 2.82. The summed E-state index contributed by atoms with van der Waals surface area (Å²) >= 11 is 6.20. The van der Waals surface area contributed by atoms with Crippen LogP contribution in [0.3, 0.4) is 0 Å². The van der Waals surface area contributed by atoms with Crippen LogP contribution in [0.2, 0.25) is 5.02 Å². The topological polar surface area (TPSA) is 53.8 Å². The fraction of sp³-hybridized carbons (Fsp3) is 0.368. The van der Waals surface area contributed by atoms with Crippen LogP contribution in [-0.2, 0) is 4.79 Å². The average molecular weight is 359 g/mol. The number of furan rings is 1. The number of fused-ring (bicyclic) bond motifs is 4. The number of likely N-dealkylation sites (N-methyl/N-ethyl adjacent to an activating group) is 1. The highest BCUT2D eigenvalue weighted by atomic mass is 35.5. The molecule has 0 unspecified atom stereocenters. The minimum absolute atomic E-state index is 0.0909. The summed E-state index contributed by atoms with van der Waals surface area (Å²) < 4.78 is 5.78. The van der Waals surface area contributed by atoms with Crippen LogP contribution in [0.15, 0.2) is 40.8 Å². The second-order valence-electron chi connectivity index (χ2n) is 6.73. The Kier molecular flexibility index (Phi) is 4.04. The van der Waals surface area contributed by atoms with Crippen molar-refractivity contribution in [1.29, 1.82) is 0 Å². The normalized spacial score (nSPS) is 23.0. The Morgan fingerprint density at radius 2 is 1.96 bits per heavy atom. The van der Waals surface area contributed by atoms with Gasteiger partial charge in [0.25, 0.3) is 5.91 Å². The zero-order valence-electron chi connectivity index (χ0n) is 13.9. The van der Waals surface area contributed by atoms with Crippen molar-refractivity contribution in [2.24, 2.45) is 5.92 Å². The second kappa shape index (κ2) is 6.23. The smallest absolute Gasteiger partial charge is 0.289 e. The number of hydrogen-bond acceptors (Lipinski definition) is 3. The molecule has 3 saturated heterocycles. The van der Waals surface area contributed by atoms with Crippen LogP contribution in [-0.4, -0.2) is 47.8 Å². The molecule has 5 rings (SSSR count). The molecule has 6 heteroatoms. The van der Waals surface area contributed by atoms with Crippen LogP contribution in [0.25, 0.3) is 11.3 Å². The lowest BCUT2D eigenvalue weighted by atomic mass is 9.95. The first-order valence-electron chi connectivity index (χ1n) is 8.45. The Balaban J connectivity index is 1.58. The monoisotopic (exact) mass is 358 g/mol. The van der Waals surface area contributed by atoms with Gasteiger partial charge in [-0.1, -0.05) is 23.7 Å². The molecule has 3 aliphatic heterocycles. The first-order valence-corrected chi connectivity index (χ1v) is 8.83. The number of amides is 2. The van der Waals surface area contributed by atoms with E-state index in [0.717, 1.165) is 18.4 Å². The molecule has 1 aromatic heterocycles. The van der Waals surface area contributed by atoms with Crippen molar-refractivity contribution in [3.63, 3.8) is 0 Å². The van der Waals surface area contributed by atoms with E-state index in [2.05, 4.69) is 0 Å². The van der Waals surface area contributed by atoms with Crippen molar-refractivity contribution in [3.8, 4) is 11.3 Å². The van der Waals surface area contributed by atoms with Gasteiger partial charge in [-0.2, -0.15) is 0 Å². The summed E-state index contributed by atoms with van der Waals surface area (Å²) in [6.45, 7) is 1.01. The van der Waals surface area contributed by atoms with E-state index < -0.39 is 0 Å². The van der Waals surface area contributed by atoms with E-state index in [0.29, 0.717) is 23.9 Å². The maximum absolute atomic E-state index is 12.9. The Morgan fingerprint density at radius 1 is 1.16 bits per heavy atom. The summed E-state index contributed by atoms with van der Waals surface area (Å²) in [6, 6.07) is 10.9. The molecule has 2 bridgehead atoms. The molecule has 25 heavy (non-hydrogen) atoms. The molecule has 3 fully saturated rings. The molecule has 2 amide bonds. The lowest BCUT2D eigenvalue weighted by Crippen LogP contribution is -2.45. The molecule has 2 aromatic rings. The number of piperidine rings is 1. The predicted molar refractivity (Wildman–Crippen MR) is 94.3 cm³/mol. The summed E-state index contributed by atoms with van der Waals surface area (Å²) in [5, 5.41) is 0.580. The summed E-state index contributed by atoms with van der Waals surface area (Å²) in [4.78, 5) is 28.7. The number of carbonyl (C=O) groups is 2. The minimum Gasteiger partial charge on any atom is -0.451 e. The van der Waals surface area contributed by atoms with Gasteiger partial charge in [-0.05, 0) is 37.1 Å². The van der Waals surface area contributed by atoms with E-state index >= 15 is 0 Å². The van der Waals surface area contributed by atoms with Crippen LogP contribution in [0.5, 0.6) is 0 Å². The van der Waals surface area contributed by atoms with Gasteiger partial charge >= 0.3 is 0 Å². The second-order valence-corrected chi connectivity index (χ2v) is 7.14. The zero-order valence-corrected chi connectivity index (χ0v) is 14.7. The molecule has 0 saturated carbocycles. The number of carbonyl (C=O) groups excluding carboxylic acids is 2. The van der Waals surface area contributed by atoms with E-state index in [9.17, 15) is 9.59 Å². The van der Waals surface area contributed by atoms with Crippen molar-refractivity contribution in [2.75, 3.05) is 20.1 Å². The Labute approximate surface area is 151 Å². The van der Waals surface area contributed by atoms with Gasteiger partial charge < -0.3 is 14.2 Å². The number of rotatable bonds is 2. The van der Waals surface area contributed by atoms with Crippen LogP contribution < -0.4 is 0 Å². The summed E-state index contributed by atoms with van der Waals surface area (Å²) in [5.74, 6) is 0.720. The molecule has 0 aliphatic carbocycles. The van der Waals surface area contributed by atoms with Crippen molar-refractivity contribution >= 4 is 23.4 Å². The fourth-order valence-electron chi connectivity index (χ4n) is 3.74. The van der Waals surface area contributed by atoms with Gasteiger partial charge in [-0.25, -0.2) is 0 Å². The molecule has 130 valence electrons. The summed E-state index contributed by atoms with van der Waals surface area (Å²) in [6.07, 6.45) is 1.79. The summed E-state index contributed by atoms with van der Waals surface area (Å²) in [7, 11) is 1.83. The molecule has 5 nitrogen and oxygen atoms in total. The largest absolute Gasteiger partial charge is 0.451 e. The van der Waals surface area contributed by atoms with Gasteiger partial charge in [0.05, 0.1) is 10.9 Å². The van der Waals surface area contributed by atoms with Gasteiger partial charge in [-0.15, -0.1) is 0 Å². The molecule has 3 aliphatic rings. The quantitative estimate of drug-likeness (QED) is 0.827. The Hall–Kier alpha value is -2.27. The van der Waals surface area contributed by atoms with Gasteiger partial charge in [0, 0.05) is 31.7 Å². The first-order chi connectivity index (χ1) is 12.0. The van der Waals surface area contributed by atoms with Gasteiger partial charge in [0.2, 0.25) is 5.91 Å². The lowest BCUT2D eigenvalue weighted by molar-refractivity contribution is -0.138. The molecule has 4 heterocycles. The van der Waals surface area contributed by atoms with Gasteiger partial charge in [0.1, 0.15) is 5.76 Å². The Morgan fingerprint density at radius 3 is 2.76 bits per heavy atom. The number of nitrogens with zero attached hydrogens (tertiary/aromatic N) is 2. The highest BCUT2D eigenvalue weighted by Gasteiger charge is 2.40. The number of benzene rings is 1. The molecule has 1 aromatic carbocycles. The van der Waals surface area contributed by atoms with E-state index in [1.807, 2.05) is 25.2 Å². The van der Waals surface area contributed by atoms with E-state index in [1.54, 1.807) is 28.0 Å². The van der Waals surface area contributed by atoms with Crippen molar-refractivity contribution in [1.82, 2.24) is 9.80 Å². The number of hydrogen-bond donors (Lipinski definition) is 0. The van der Waals surface area contributed by atoms with E-state index in [4.69, 9.17) is 16.0 Å². The van der Waals surface area contributed by atoms with E-state index in [-0.39, 0.29) is 29.5 Å². The minimum atomic E-state index is -0.168. The van der Waals surface area contributed by atoms with E-state index in [1.165, 1.54) is 0 Å². The maximum atomic E-state index is 12.9. The molecule has 0 spiro atoms. The van der Waals surface area contributed by atoms with Crippen LogP contribution >= 0.6 is 11.6 Å². The van der Waals surface area contributed by atoms with Crippen molar-refractivity contribution in [2.45, 2.75) is 18.9 Å².